The van der Waals surface area contributed by atoms with E-state index in [-0.39, 0.29) is 52.3 Å². The molecule has 4 rings (SSSR count). The van der Waals surface area contributed by atoms with Gasteiger partial charge in [0.15, 0.2) is 0 Å². The molecule has 0 aromatic heterocycles. The topological polar surface area (TPSA) is 164 Å². The molecule has 2 aliphatic heterocycles. The van der Waals surface area contributed by atoms with Crippen molar-refractivity contribution in [3.63, 3.8) is 0 Å². The average molecular weight is 560 g/mol. The molecular weight excluding hydrogens is 524 g/mol. The van der Waals surface area contributed by atoms with Crippen LogP contribution in [0.4, 0.5) is 0 Å². The van der Waals surface area contributed by atoms with Crippen LogP contribution in [0, 0.1) is 5.92 Å². The molecule has 1 aliphatic carbocycles. The van der Waals surface area contributed by atoms with E-state index in [0.29, 0.717) is 6.42 Å². The Morgan fingerprint density at radius 3 is 1.95 bits per heavy atom. The van der Waals surface area contributed by atoms with Crippen molar-refractivity contribution in [3.05, 3.63) is 40.5 Å². The first kappa shape index (κ1) is 30.9. The number of phenols is 1. The number of benzene rings is 1. The summed E-state index contributed by atoms with van der Waals surface area (Å²) in [6.45, 7) is 1.73. The largest absolute Gasteiger partial charge is 2.00 e. The van der Waals surface area contributed by atoms with E-state index in [0.717, 1.165) is 70.9 Å². The van der Waals surface area contributed by atoms with E-state index in [2.05, 4.69) is 31.0 Å². The maximum Gasteiger partial charge on any atom is 2.00 e. The van der Waals surface area contributed by atoms with Crippen molar-refractivity contribution in [3.8, 4) is 5.75 Å². The number of para-hydroxylation sites is 1. The predicted octanol–water partition coefficient (Wildman–Crippen LogP) is 2.62. The van der Waals surface area contributed by atoms with Crippen LogP contribution in [0.25, 0.3) is 10.6 Å². The first-order valence-corrected chi connectivity index (χ1v) is 12.9. The Morgan fingerprint density at radius 1 is 0.811 bits per heavy atom. The van der Waals surface area contributed by atoms with Crippen LogP contribution in [0.3, 0.4) is 0 Å². The standard InChI is InChI=1S/C13H22N3O2.C13H16N3O2.Cu/c2*17-12-7-2-1-6-11(12)13(18)16-15-9-10-5-3-4-8-14-10;/h9-12,17H,1-8H2,(H,16,18);1-2,6-7,9-10,17H,3-5,8H2,(H,16,18);/q2*-1;+2/p-2/b2*15-9+;. The van der Waals surface area contributed by atoms with Gasteiger partial charge in [-0.25, -0.2) is 0 Å². The second-order valence-electron chi connectivity index (χ2n) is 9.29. The first-order chi connectivity index (χ1) is 17.5. The molecule has 2 saturated heterocycles. The van der Waals surface area contributed by atoms with Crippen molar-refractivity contribution in [1.82, 2.24) is 0 Å². The molecule has 0 amide bonds. The minimum Gasteiger partial charge on any atom is -0.860 e. The average Bonchev–Trinajstić information content (AvgIpc) is 2.91. The van der Waals surface area contributed by atoms with Crippen LogP contribution in [0.1, 0.15) is 69.8 Å². The van der Waals surface area contributed by atoms with Crippen LogP contribution in [0.15, 0.2) is 44.7 Å². The number of aromatic hydroxyl groups is 1. The summed E-state index contributed by atoms with van der Waals surface area (Å²) in [4.78, 5) is 0. The van der Waals surface area contributed by atoms with Gasteiger partial charge in [0.25, 0.3) is 0 Å². The van der Waals surface area contributed by atoms with E-state index in [9.17, 15) is 20.4 Å². The van der Waals surface area contributed by atoms with Gasteiger partial charge >= 0.3 is 17.1 Å². The number of aliphatic hydroxyl groups excluding tert-OH is 1. The third kappa shape index (κ3) is 10.9. The summed E-state index contributed by atoms with van der Waals surface area (Å²) in [6, 6.07) is 6.47. The second-order valence-corrected chi connectivity index (χ2v) is 9.29. The Bertz CT molecular complexity index is 914. The molecule has 1 aromatic rings. The summed E-state index contributed by atoms with van der Waals surface area (Å²) in [5, 5.41) is 66.2. The fourth-order valence-corrected chi connectivity index (χ4v) is 4.38. The van der Waals surface area contributed by atoms with Gasteiger partial charge in [0.05, 0.1) is 6.10 Å². The molecule has 1 saturated carbocycles. The molecule has 2 heterocycles. The molecule has 3 fully saturated rings. The Kier molecular flexibility index (Phi) is 14.4. The Balaban J connectivity index is 0.000000253. The van der Waals surface area contributed by atoms with Crippen LogP contribution < -0.4 is 10.2 Å². The molecule has 1 aromatic carbocycles. The summed E-state index contributed by atoms with van der Waals surface area (Å²) in [5.41, 5.74) is 0.162. The molecule has 4 atom stereocenters. The van der Waals surface area contributed by atoms with Crippen molar-refractivity contribution in [2.24, 2.45) is 26.3 Å². The third-order valence-electron chi connectivity index (χ3n) is 6.51. The van der Waals surface area contributed by atoms with Crippen LogP contribution in [-0.4, -0.2) is 65.7 Å². The zero-order valence-electron chi connectivity index (χ0n) is 21.0. The van der Waals surface area contributed by atoms with E-state index < -0.39 is 12.0 Å². The normalized spacial score (nSPS) is 27.4. The van der Waals surface area contributed by atoms with Gasteiger partial charge in [0, 0.05) is 29.8 Å². The van der Waals surface area contributed by atoms with Crippen LogP contribution in [0.5, 0.6) is 5.75 Å². The van der Waals surface area contributed by atoms with Crippen molar-refractivity contribution in [2.75, 3.05) is 13.1 Å². The first-order valence-electron chi connectivity index (χ1n) is 12.9. The van der Waals surface area contributed by atoms with Crippen LogP contribution in [0.2, 0.25) is 0 Å². The number of phenolic OH excluding ortho intramolecular Hbond substituents is 1. The zero-order chi connectivity index (χ0) is 25.6. The van der Waals surface area contributed by atoms with E-state index >= 15 is 0 Å². The number of hydrogen-bond acceptors (Lipinski definition) is 8. The number of hydrogen-bond donors (Lipinski definition) is 2. The zero-order valence-corrected chi connectivity index (χ0v) is 21.9. The predicted molar refractivity (Wildman–Crippen MR) is 139 cm³/mol. The SMILES string of the molecule is [Cu+2].[O-]/C(=N\N=C\C1CCCC[N-]1)C1CCCCC1O.[O-]/C(=N\N=C\C1CCCC[N-]1)c1ccccc1O. The quantitative estimate of drug-likeness (QED) is 0.237. The Hall–Kier alpha value is -2.30. The van der Waals surface area contributed by atoms with Gasteiger partial charge in [0.2, 0.25) is 0 Å². The minimum absolute atomic E-state index is 0. The number of piperidine rings is 2. The summed E-state index contributed by atoms with van der Waals surface area (Å²) < 4.78 is 0. The molecule has 10 nitrogen and oxygen atoms in total. The molecule has 0 spiro atoms. The molecule has 3 aliphatic rings. The molecule has 207 valence electrons. The molecule has 0 bridgehead atoms. The van der Waals surface area contributed by atoms with Crippen molar-refractivity contribution < 1.29 is 37.5 Å². The maximum absolute atomic E-state index is 11.8. The minimum atomic E-state index is -0.542. The second kappa shape index (κ2) is 17.3. The van der Waals surface area contributed by atoms with Gasteiger partial charge in [-0.2, -0.15) is 20.4 Å². The Morgan fingerprint density at radius 2 is 1.38 bits per heavy atom. The van der Waals surface area contributed by atoms with E-state index in [1.807, 2.05) is 0 Å². The molecule has 2 N–H and O–H groups in total. The third-order valence-corrected chi connectivity index (χ3v) is 6.51. The van der Waals surface area contributed by atoms with E-state index in [1.165, 1.54) is 12.1 Å². The molecular formula is C26H36CuN6O4-2. The fraction of sp³-hybridized carbons (Fsp3) is 0.615. The van der Waals surface area contributed by atoms with Crippen molar-refractivity contribution in [1.29, 1.82) is 0 Å². The molecule has 1 radical (unpaired) electrons. The number of aliphatic hydroxyl groups is 1. The van der Waals surface area contributed by atoms with Gasteiger partial charge in [-0.3, -0.25) is 0 Å². The van der Waals surface area contributed by atoms with Crippen LogP contribution >= 0.6 is 0 Å². The van der Waals surface area contributed by atoms with Crippen molar-refractivity contribution >= 4 is 24.2 Å². The van der Waals surface area contributed by atoms with Gasteiger partial charge in [-0.1, -0.05) is 81.6 Å². The fourth-order valence-electron chi connectivity index (χ4n) is 4.38. The molecule has 4 unspecified atom stereocenters. The summed E-state index contributed by atoms with van der Waals surface area (Å²) >= 11 is 0. The summed E-state index contributed by atoms with van der Waals surface area (Å²) in [5.74, 6) is -1.25. The van der Waals surface area contributed by atoms with E-state index in [1.54, 1.807) is 24.6 Å². The number of rotatable bonds is 6. The Labute approximate surface area is 229 Å². The van der Waals surface area contributed by atoms with Gasteiger partial charge in [0.1, 0.15) is 5.75 Å². The smallest absolute Gasteiger partial charge is 0.860 e. The van der Waals surface area contributed by atoms with Crippen LogP contribution in [-0.2, 0) is 17.1 Å². The van der Waals surface area contributed by atoms with E-state index in [4.69, 9.17) is 0 Å². The summed E-state index contributed by atoms with van der Waals surface area (Å²) in [7, 11) is 0. The monoisotopic (exact) mass is 559 g/mol. The maximum atomic E-state index is 11.8. The number of nitrogens with zero attached hydrogens (tertiary/aromatic N) is 6. The summed E-state index contributed by atoms with van der Waals surface area (Å²) in [6.07, 6.45) is 12.7. The van der Waals surface area contributed by atoms with Crippen molar-refractivity contribution in [2.45, 2.75) is 82.4 Å². The van der Waals surface area contributed by atoms with Gasteiger partial charge in [-0.05, 0) is 24.8 Å². The molecule has 11 heteroatoms. The van der Waals surface area contributed by atoms with Gasteiger partial charge < -0.3 is 31.1 Å². The van der Waals surface area contributed by atoms with Gasteiger partial charge in [-0.15, -0.1) is 13.1 Å². The molecule has 37 heavy (non-hydrogen) atoms.